The number of anilines is 1. The Kier molecular flexibility index (Phi) is 4.28. The Labute approximate surface area is 127 Å². The van der Waals surface area contributed by atoms with Crippen LogP contribution in [0, 0.1) is 0 Å². The summed E-state index contributed by atoms with van der Waals surface area (Å²) in [6.45, 7) is 2.86. The van der Waals surface area contributed by atoms with Crippen LogP contribution in [0.5, 0.6) is 0 Å². The fourth-order valence-corrected chi connectivity index (χ4v) is 3.42. The number of rotatable bonds is 3. The van der Waals surface area contributed by atoms with Crippen molar-refractivity contribution in [3.8, 4) is 0 Å². The van der Waals surface area contributed by atoms with Gasteiger partial charge in [-0.25, -0.2) is 4.79 Å². The van der Waals surface area contributed by atoms with E-state index in [2.05, 4.69) is 24.4 Å². The van der Waals surface area contributed by atoms with Crippen LogP contribution in [0.1, 0.15) is 44.6 Å². The molecule has 0 bridgehead atoms. The van der Waals surface area contributed by atoms with Gasteiger partial charge in [0.05, 0.1) is 0 Å². The van der Waals surface area contributed by atoms with Gasteiger partial charge in [-0.15, -0.1) is 0 Å². The molecule has 2 aliphatic rings. The SMILES string of the molecule is CC1Cc2ccccc2N1C(=O)NCCC1=CCCCC1. The quantitative estimate of drug-likeness (QED) is 0.835. The topological polar surface area (TPSA) is 32.3 Å². The fraction of sp³-hybridized carbons (Fsp3) is 0.500. The third-order valence-electron chi connectivity index (χ3n) is 4.53. The molecular formula is C18H24N2O. The predicted molar refractivity (Wildman–Crippen MR) is 86.7 cm³/mol. The number of amides is 2. The van der Waals surface area contributed by atoms with Crippen molar-refractivity contribution in [2.45, 2.75) is 51.5 Å². The summed E-state index contributed by atoms with van der Waals surface area (Å²) in [5.74, 6) is 0. The van der Waals surface area contributed by atoms with Crippen molar-refractivity contribution in [3.63, 3.8) is 0 Å². The van der Waals surface area contributed by atoms with E-state index in [0.717, 1.165) is 25.1 Å². The van der Waals surface area contributed by atoms with Crippen molar-refractivity contribution in [3.05, 3.63) is 41.5 Å². The van der Waals surface area contributed by atoms with E-state index in [1.165, 1.54) is 36.8 Å². The first-order valence-corrected chi connectivity index (χ1v) is 8.08. The summed E-state index contributed by atoms with van der Waals surface area (Å²) < 4.78 is 0. The number of para-hydroxylation sites is 1. The number of nitrogens with one attached hydrogen (secondary N) is 1. The zero-order chi connectivity index (χ0) is 14.7. The zero-order valence-electron chi connectivity index (χ0n) is 12.8. The molecule has 21 heavy (non-hydrogen) atoms. The number of benzene rings is 1. The van der Waals surface area contributed by atoms with Crippen LogP contribution in [0.15, 0.2) is 35.9 Å². The van der Waals surface area contributed by atoms with E-state index in [1.54, 1.807) is 0 Å². The van der Waals surface area contributed by atoms with Crippen molar-refractivity contribution in [2.24, 2.45) is 0 Å². The Bertz CT molecular complexity index is 550. The Morgan fingerprint density at radius 3 is 3.00 bits per heavy atom. The summed E-state index contributed by atoms with van der Waals surface area (Å²) in [4.78, 5) is 14.4. The third-order valence-corrected chi connectivity index (χ3v) is 4.53. The Hall–Kier alpha value is -1.77. The predicted octanol–water partition coefficient (Wildman–Crippen LogP) is 4.04. The molecule has 1 N–H and O–H groups in total. The third kappa shape index (κ3) is 3.12. The molecule has 0 saturated carbocycles. The first-order chi connectivity index (χ1) is 10.3. The molecule has 1 aliphatic heterocycles. The van der Waals surface area contributed by atoms with E-state index in [0.29, 0.717) is 0 Å². The summed E-state index contributed by atoms with van der Waals surface area (Å²) in [5.41, 5.74) is 3.85. The van der Waals surface area contributed by atoms with Crippen LogP contribution in [-0.4, -0.2) is 18.6 Å². The average Bonchev–Trinajstić information content (AvgIpc) is 2.84. The molecule has 0 aromatic heterocycles. The minimum Gasteiger partial charge on any atom is -0.337 e. The number of fused-ring (bicyclic) bond motifs is 1. The maximum atomic E-state index is 12.5. The minimum absolute atomic E-state index is 0.0452. The molecule has 3 nitrogen and oxygen atoms in total. The fourth-order valence-electron chi connectivity index (χ4n) is 3.42. The molecule has 1 aromatic carbocycles. The smallest absolute Gasteiger partial charge is 0.322 e. The molecule has 2 amide bonds. The van der Waals surface area contributed by atoms with Gasteiger partial charge in [0.25, 0.3) is 0 Å². The van der Waals surface area contributed by atoms with Gasteiger partial charge >= 0.3 is 6.03 Å². The first kappa shape index (κ1) is 14.2. The van der Waals surface area contributed by atoms with Gasteiger partial charge < -0.3 is 5.32 Å². The van der Waals surface area contributed by atoms with Gasteiger partial charge in [0.2, 0.25) is 0 Å². The van der Waals surface area contributed by atoms with Crippen molar-refractivity contribution < 1.29 is 4.79 Å². The van der Waals surface area contributed by atoms with E-state index >= 15 is 0 Å². The Morgan fingerprint density at radius 1 is 1.33 bits per heavy atom. The maximum Gasteiger partial charge on any atom is 0.322 e. The standard InChI is InChI=1S/C18H24N2O/c1-14-13-16-9-5-6-10-17(16)20(14)18(21)19-12-11-15-7-3-2-4-8-15/h5-7,9-10,14H,2-4,8,11-13H2,1H3,(H,19,21). The maximum absolute atomic E-state index is 12.5. The average molecular weight is 284 g/mol. The summed E-state index contributed by atoms with van der Waals surface area (Å²) in [7, 11) is 0. The van der Waals surface area contributed by atoms with Crippen molar-refractivity contribution in [1.82, 2.24) is 5.32 Å². The van der Waals surface area contributed by atoms with Gasteiger partial charge in [-0.1, -0.05) is 29.8 Å². The molecule has 0 saturated heterocycles. The van der Waals surface area contributed by atoms with E-state index in [9.17, 15) is 4.79 Å². The van der Waals surface area contributed by atoms with Crippen molar-refractivity contribution in [1.29, 1.82) is 0 Å². The molecule has 0 spiro atoms. The second-order valence-corrected chi connectivity index (χ2v) is 6.14. The number of allylic oxidation sites excluding steroid dienone is 1. The lowest BCUT2D eigenvalue weighted by Gasteiger charge is -2.23. The lowest BCUT2D eigenvalue weighted by molar-refractivity contribution is 0.245. The second kappa shape index (κ2) is 6.33. The first-order valence-electron chi connectivity index (χ1n) is 8.08. The van der Waals surface area contributed by atoms with Gasteiger partial charge in [0, 0.05) is 18.3 Å². The van der Waals surface area contributed by atoms with Crippen LogP contribution in [0.3, 0.4) is 0 Å². The normalized spacial score (nSPS) is 20.9. The second-order valence-electron chi connectivity index (χ2n) is 6.14. The molecule has 1 unspecified atom stereocenters. The number of hydrogen-bond donors (Lipinski definition) is 1. The number of hydrogen-bond acceptors (Lipinski definition) is 1. The molecule has 1 aromatic rings. The van der Waals surface area contributed by atoms with Gasteiger partial charge in [0.15, 0.2) is 0 Å². The minimum atomic E-state index is 0.0452. The van der Waals surface area contributed by atoms with Crippen LogP contribution < -0.4 is 10.2 Å². The summed E-state index contributed by atoms with van der Waals surface area (Å²) in [6.07, 6.45) is 9.33. The molecule has 112 valence electrons. The highest BCUT2D eigenvalue weighted by Gasteiger charge is 2.30. The van der Waals surface area contributed by atoms with Gasteiger partial charge in [-0.2, -0.15) is 0 Å². The highest BCUT2D eigenvalue weighted by atomic mass is 16.2. The van der Waals surface area contributed by atoms with E-state index in [4.69, 9.17) is 0 Å². The summed E-state index contributed by atoms with van der Waals surface area (Å²) in [6, 6.07) is 8.50. The molecule has 3 rings (SSSR count). The van der Waals surface area contributed by atoms with E-state index in [1.807, 2.05) is 23.1 Å². The molecule has 0 radical (unpaired) electrons. The molecule has 0 fully saturated rings. The Balaban J connectivity index is 1.57. The molecule has 1 aliphatic carbocycles. The van der Waals surface area contributed by atoms with Crippen LogP contribution in [-0.2, 0) is 6.42 Å². The monoisotopic (exact) mass is 284 g/mol. The Morgan fingerprint density at radius 2 is 2.19 bits per heavy atom. The number of carbonyl (C=O) groups is 1. The van der Waals surface area contributed by atoms with Crippen LogP contribution in [0.2, 0.25) is 0 Å². The molecular weight excluding hydrogens is 260 g/mol. The van der Waals surface area contributed by atoms with Crippen LogP contribution in [0.4, 0.5) is 10.5 Å². The molecule has 1 atom stereocenters. The highest BCUT2D eigenvalue weighted by molar-refractivity contribution is 5.94. The number of urea groups is 1. The number of nitrogens with zero attached hydrogens (tertiary/aromatic N) is 1. The molecule has 1 heterocycles. The number of carbonyl (C=O) groups excluding carboxylic acids is 1. The van der Waals surface area contributed by atoms with Crippen LogP contribution in [0.25, 0.3) is 0 Å². The van der Waals surface area contributed by atoms with E-state index < -0.39 is 0 Å². The lowest BCUT2D eigenvalue weighted by atomic mass is 9.97. The summed E-state index contributed by atoms with van der Waals surface area (Å²) in [5, 5.41) is 3.09. The van der Waals surface area contributed by atoms with Gasteiger partial charge in [-0.05, 0) is 57.1 Å². The van der Waals surface area contributed by atoms with Gasteiger partial charge in [0.1, 0.15) is 0 Å². The summed E-state index contributed by atoms with van der Waals surface area (Å²) >= 11 is 0. The largest absolute Gasteiger partial charge is 0.337 e. The van der Waals surface area contributed by atoms with Crippen molar-refractivity contribution >= 4 is 11.7 Å². The van der Waals surface area contributed by atoms with Crippen LogP contribution >= 0.6 is 0 Å². The highest BCUT2D eigenvalue weighted by Crippen LogP contribution is 2.31. The molecule has 3 heteroatoms. The van der Waals surface area contributed by atoms with Gasteiger partial charge in [-0.3, -0.25) is 4.90 Å². The van der Waals surface area contributed by atoms with E-state index in [-0.39, 0.29) is 12.1 Å². The van der Waals surface area contributed by atoms with Crippen molar-refractivity contribution in [2.75, 3.05) is 11.4 Å². The zero-order valence-corrected chi connectivity index (χ0v) is 12.8. The lowest BCUT2D eigenvalue weighted by Crippen LogP contribution is -2.43.